The molecule has 0 radical (unpaired) electrons. The molecule has 0 aliphatic rings. The smallest absolute Gasteiger partial charge is 0.355 e. The van der Waals surface area contributed by atoms with Crippen molar-refractivity contribution in [1.82, 2.24) is 4.98 Å². The van der Waals surface area contributed by atoms with E-state index in [1.807, 2.05) is 0 Å². The van der Waals surface area contributed by atoms with Crippen LogP contribution in [0.5, 0.6) is 0 Å². The van der Waals surface area contributed by atoms with E-state index in [0.29, 0.717) is 0 Å². The van der Waals surface area contributed by atoms with Gasteiger partial charge in [0.15, 0.2) is 23.2 Å². The second-order valence-electron chi connectivity index (χ2n) is 6.54. The largest absolute Gasteiger partial charge is 0.420 e. The highest BCUT2D eigenvalue weighted by Gasteiger charge is 2.16. The number of nitrogens with zero attached hydrogens (tertiary/aromatic N) is 1. The van der Waals surface area contributed by atoms with Crippen molar-refractivity contribution in [1.29, 1.82) is 0 Å². The number of carbonyl (C=O) groups is 1. The molecule has 1 heterocycles. The van der Waals surface area contributed by atoms with Gasteiger partial charge in [0.1, 0.15) is 4.88 Å². The first-order valence-corrected chi connectivity index (χ1v) is 10.3. The van der Waals surface area contributed by atoms with E-state index in [1.165, 1.54) is 36.8 Å². The zero-order valence-corrected chi connectivity index (χ0v) is 17.9. The lowest BCUT2D eigenvalue weighted by atomic mass is 10.1. The van der Waals surface area contributed by atoms with Gasteiger partial charge in [-0.1, -0.05) is 58.9 Å². The van der Waals surface area contributed by atoms with Crippen LogP contribution in [0.1, 0.15) is 53.7 Å². The average molecular weight is 438 g/mol. The first kappa shape index (κ1) is 25.4. The van der Waals surface area contributed by atoms with E-state index in [0.717, 1.165) is 36.4 Å². The maximum atomic E-state index is 14.2. The molecule has 1 aromatic heterocycles. The molecule has 0 fully saturated rings. The molecule has 1 rings (SSSR count). The minimum Gasteiger partial charge on any atom is -0.420 e. The summed E-state index contributed by atoms with van der Waals surface area (Å²) in [5.74, 6) is -4.84. The standard InChI is InChI=1S/C23H26F3NO2S/c1-6-7-8-9-10-11-22-27-14-21(30-22)23(28)29-18(5)20(26)13-16(3)15(2)12-19(25)17(4)24/h12-14H,2-11H2,1H3/b19-12+,20-13+. The Morgan fingerprint density at radius 3 is 2.23 bits per heavy atom. The van der Waals surface area contributed by atoms with Gasteiger partial charge in [0.2, 0.25) is 0 Å². The van der Waals surface area contributed by atoms with Crippen LogP contribution in [0.3, 0.4) is 0 Å². The van der Waals surface area contributed by atoms with E-state index in [1.54, 1.807) is 0 Å². The van der Waals surface area contributed by atoms with Gasteiger partial charge < -0.3 is 4.74 Å². The lowest BCUT2D eigenvalue weighted by Gasteiger charge is -2.05. The molecule has 0 aliphatic heterocycles. The van der Waals surface area contributed by atoms with Crippen LogP contribution in [0.2, 0.25) is 0 Å². The van der Waals surface area contributed by atoms with Gasteiger partial charge in [-0.25, -0.2) is 22.9 Å². The molecule has 0 unspecified atom stereocenters. The van der Waals surface area contributed by atoms with Crippen LogP contribution < -0.4 is 0 Å². The molecule has 1 aromatic rings. The van der Waals surface area contributed by atoms with Crippen LogP contribution in [0.4, 0.5) is 13.2 Å². The van der Waals surface area contributed by atoms with E-state index >= 15 is 0 Å². The number of esters is 1. The van der Waals surface area contributed by atoms with E-state index in [-0.39, 0.29) is 16.0 Å². The summed E-state index contributed by atoms with van der Waals surface area (Å²) >= 11 is 1.19. The first-order valence-electron chi connectivity index (χ1n) is 9.49. The maximum Gasteiger partial charge on any atom is 0.355 e. The van der Waals surface area contributed by atoms with Crippen LogP contribution in [0.15, 0.2) is 79.1 Å². The number of carbonyl (C=O) groups excluding carboxylic acids is 1. The summed E-state index contributed by atoms with van der Waals surface area (Å²) in [6.45, 7) is 15.3. The zero-order valence-electron chi connectivity index (χ0n) is 17.1. The Balaban J connectivity index is 2.63. The van der Waals surface area contributed by atoms with Crippen molar-refractivity contribution >= 4 is 17.3 Å². The SMILES string of the molecule is C=C(/C=C(/F)C(=C)F)C(=C)/C=C(/F)C(=C)OC(=O)c1cnc(CCCCCCC)s1. The zero-order chi connectivity index (χ0) is 22.7. The number of rotatable bonds is 13. The van der Waals surface area contributed by atoms with Crippen LogP contribution in [-0.4, -0.2) is 11.0 Å². The lowest BCUT2D eigenvalue weighted by Crippen LogP contribution is -2.03. The third-order valence-corrected chi connectivity index (χ3v) is 5.04. The summed E-state index contributed by atoms with van der Waals surface area (Å²) in [7, 11) is 0. The number of hydrogen-bond donors (Lipinski definition) is 0. The molecule has 0 spiro atoms. The van der Waals surface area contributed by atoms with Gasteiger partial charge in [-0.15, -0.1) is 11.3 Å². The fraction of sp³-hybridized carbons (Fsp3) is 0.304. The summed E-state index contributed by atoms with van der Waals surface area (Å²) in [4.78, 5) is 16.6. The van der Waals surface area contributed by atoms with Crippen molar-refractivity contribution in [3.63, 3.8) is 0 Å². The lowest BCUT2D eigenvalue weighted by molar-refractivity contribution is 0.0630. The van der Waals surface area contributed by atoms with E-state index in [4.69, 9.17) is 4.74 Å². The number of aryl methyl sites for hydroxylation is 1. The summed E-state index contributed by atoms with van der Waals surface area (Å²) in [6.07, 6.45) is 9.38. The average Bonchev–Trinajstić information content (AvgIpc) is 3.16. The summed E-state index contributed by atoms with van der Waals surface area (Å²) in [6, 6.07) is 0. The fourth-order valence-corrected chi connectivity index (χ4v) is 3.10. The third-order valence-electron chi connectivity index (χ3n) is 4.00. The number of aromatic nitrogens is 1. The van der Waals surface area contributed by atoms with Crippen LogP contribution in [0, 0.1) is 0 Å². The van der Waals surface area contributed by atoms with Crippen molar-refractivity contribution in [3.05, 3.63) is 88.9 Å². The highest BCUT2D eigenvalue weighted by atomic mass is 32.1. The number of ether oxygens (including phenoxy) is 1. The number of thiazole rings is 1. The van der Waals surface area contributed by atoms with Crippen molar-refractivity contribution in [2.45, 2.75) is 45.4 Å². The van der Waals surface area contributed by atoms with Crippen LogP contribution >= 0.6 is 11.3 Å². The Labute approximate surface area is 179 Å². The predicted octanol–water partition coefficient (Wildman–Crippen LogP) is 7.63. The van der Waals surface area contributed by atoms with Gasteiger partial charge in [-0.3, -0.25) is 0 Å². The van der Waals surface area contributed by atoms with E-state index in [2.05, 4.69) is 38.2 Å². The van der Waals surface area contributed by atoms with Gasteiger partial charge in [-0.05, 0) is 36.1 Å². The number of unbranched alkanes of at least 4 members (excludes halogenated alkanes) is 4. The van der Waals surface area contributed by atoms with Gasteiger partial charge in [-0.2, -0.15) is 0 Å². The Kier molecular flexibility index (Phi) is 10.8. The third kappa shape index (κ3) is 8.78. The van der Waals surface area contributed by atoms with Gasteiger partial charge in [0.05, 0.1) is 11.2 Å². The predicted molar refractivity (Wildman–Crippen MR) is 116 cm³/mol. The highest BCUT2D eigenvalue weighted by molar-refractivity contribution is 7.13. The minimum atomic E-state index is -1.28. The summed E-state index contributed by atoms with van der Waals surface area (Å²) in [5, 5.41) is 0.813. The maximum absolute atomic E-state index is 14.2. The minimum absolute atomic E-state index is 0.0516. The van der Waals surface area contributed by atoms with Crippen molar-refractivity contribution in [2.75, 3.05) is 0 Å². The molecule has 0 saturated heterocycles. The molecule has 0 bridgehead atoms. The van der Waals surface area contributed by atoms with Crippen LogP contribution in [0.25, 0.3) is 0 Å². The highest BCUT2D eigenvalue weighted by Crippen LogP contribution is 2.23. The Bertz CT molecular complexity index is 881. The number of halogens is 3. The molecule has 30 heavy (non-hydrogen) atoms. The van der Waals surface area contributed by atoms with E-state index < -0.39 is 29.2 Å². The molecule has 0 N–H and O–H groups in total. The van der Waals surface area contributed by atoms with Crippen molar-refractivity contribution in [2.24, 2.45) is 0 Å². The second-order valence-corrected chi connectivity index (χ2v) is 7.65. The van der Waals surface area contributed by atoms with E-state index in [9.17, 15) is 18.0 Å². The fourth-order valence-electron chi connectivity index (χ4n) is 2.26. The number of hydrogen-bond acceptors (Lipinski definition) is 4. The molecule has 0 aromatic carbocycles. The molecule has 0 saturated carbocycles. The Hall–Kier alpha value is -2.67. The molecule has 0 aliphatic carbocycles. The normalized spacial score (nSPS) is 11.9. The summed E-state index contributed by atoms with van der Waals surface area (Å²) < 4.78 is 45.0. The molecule has 7 heteroatoms. The van der Waals surface area contributed by atoms with Crippen molar-refractivity contribution in [3.8, 4) is 0 Å². The van der Waals surface area contributed by atoms with Gasteiger partial charge in [0.25, 0.3) is 0 Å². The quantitative estimate of drug-likeness (QED) is 0.138. The molecule has 3 nitrogen and oxygen atoms in total. The number of allylic oxidation sites excluding steroid dienone is 7. The monoisotopic (exact) mass is 437 g/mol. The van der Waals surface area contributed by atoms with Gasteiger partial charge >= 0.3 is 5.97 Å². The molecular weight excluding hydrogens is 411 g/mol. The molecular formula is C23H26F3NO2S. The van der Waals surface area contributed by atoms with Gasteiger partial charge in [0, 0.05) is 0 Å². The topological polar surface area (TPSA) is 39.2 Å². The Morgan fingerprint density at radius 1 is 1.03 bits per heavy atom. The molecule has 0 amide bonds. The first-order chi connectivity index (χ1) is 14.1. The van der Waals surface area contributed by atoms with Crippen LogP contribution in [-0.2, 0) is 11.2 Å². The molecule has 0 atom stereocenters. The second kappa shape index (κ2) is 12.8. The summed E-state index contributed by atoms with van der Waals surface area (Å²) in [5.41, 5.74) is -0.129. The van der Waals surface area contributed by atoms with Crippen molar-refractivity contribution < 1.29 is 22.7 Å². The molecule has 162 valence electrons. The Morgan fingerprint density at radius 2 is 1.63 bits per heavy atom.